The van der Waals surface area contributed by atoms with Crippen LogP contribution < -0.4 is 5.73 Å². The Morgan fingerprint density at radius 1 is 1.36 bits per heavy atom. The van der Waals surface area contributed by atoms with Crippen molar-refractivity contribution in [2.45, 2.75) is 12.5 Å². The van der Waals surface area contributed by atoms with E-state index in [1.54, 1.807) is 0 Å². The minimum absolute atomic E-state index is 0.201. The van der Waals surface area contributed by atoms with Crippen LogP contribution in [-0.2, 0) is 0 Å². The van der Waals surface area contributed by atoms with E-state index in [2.05, 4.69) is 4.98 Å². The van der Waals surface area contributed by atoms with Crippen LogP contribution in [0.15, 0.2) is 30.5 Å². The van der Waals surface area contributed by atoms with E-state index < -0.39 is 0 Å². The molecule has 3 heteroatoms. The molecule has 0 aliphatic rings. The van der Waals surface area contributed by atoms with Crippen molar-refractivity contribution in [3.63, 3.8) is 0 Å². The molecule has 1 atom stereocenters. The number of alkyl halides is 1. The first kappa shape index (κ1) is 9.21. The molecule has 0 amide bonds. The maximum absolute atomic E-state index is 12.1. The highest BCUT2D eigenvalue weighted by Gasteiger charge is 2.06. The minimum atomic E-state index is -0.371. The monoisotopic (exact) mass is 192 g/mol. The van der Waals surface area contributed by atoms with Gasteiger partial charge in [-0.2, -0.15) is 0 Å². The molecule has 0 spiro atoms. The lowest BCUT2D eigenvalue weighted by Gasteiger charge is -2.09. The van der Waals surface area contributed by atoms with Gasteiger partial charge in [-0.05, 0) is 29.5 Å². The molecule has 14 heavy (non-hydrogen) atoms. The van der Waals surface area contributed by atoms with Crippen molar-refractivity contribution in [2.75, 3.05) is 6.67 Å². The van der Waals surface area contributed by atoms with Gasteiger partial charge in [0.1, 0.15) is 0 Å². The molecule has 0 saturated heterocycles. The van der Waals surface area contributed by atoms with Gasteiger partial charge in [0.25, 0.3) is 0 Å². The molecule has 74 valence electrons. The number of hydrogen-bond donors (Lipinski definition) is 2. The molecule has 0 unspecified atom stereocenters. The fraction of sp³-hybridized carbons (Fsp3) is 0.273. The first-order valence-electron chi connectivity index (χ1n) is 4.70. The topological polar surface area (TPSA) is 41.8 Å². The van der Waals surface area contributed by atoms with Crippen molar-refractivity contribution in [1.82, 2.24) is 4.98 Å². The zero-order valence-corrected chi connectivity index (χ0v) is 7.83. The quantitative estimate of drug-likeness (QED) is 0.770. The Kier molecular flexibility index (Phi) is 2.50. The van der Waals surface area contributed by atoms with Gasteiger partial charge >= 0.3 is 0 Å². The van der Waals surface area contributed by atoms with Gasteiger partial charge in [0, 0.05) is 17.8 Å². The molecule has 1 aromatic heterocycles. The molecule has 0 aliphatic carbocycles. The third-order valence-electron chi connectivity index (χ3n) is 2.43. The second-order valence-electron chi connectivity index (χ2n) is 3.41. The average molecular weight is 192 g/mol. The predicted octanol–water partition coefficient (Wildman–Crippen LogP) is 2.53. The summed E-state index contributed by atoms with van der Waals surface area (Å²) in [7, 11) is 0. The first-order chi connectivity index (χ1) is 6.81. The molecule has 1 heterocycles. The van der Waals surface area contributed by atoms with Crippen LogP contribution in [0.25, 0.3) is 10.9 Å². The highest BCUT2D eigenvalue weighted by molar-refractivity contribution is 5.79. The van der Waals surface area contributed by atoms with Crippen LogP contribution in [0.2, 0.25) is 0 Å². The van der Waals surface area contributed by atoms with E-state index in [9.17, 15) is 4.39 Å². The Balaban J connectivity index is 2.33. The van der Waals surface area contributed by atoms with Gasteiger partial charge in [0.05, 0.1) is 6.67 Å². The number of aromatic nitrogens is 1. The maximum atomic E-state index is 12.1. The minimum Gasteiger partial charge on any atom is -0.361 e. The standard InChI is InChI=1S/C11H13FN2/c12-5-3-10(13)9-2-1-8-4-6-14-11(8)7-9/h1-2,4,6-7,10,14H,3,5,13H2/t10-/m1/s1. The van der Waals surface area contributed by atoms with Crippen LogP contribution in [0, 0.1) is 0 Å². The van der Waals surface area contributed by atoms with E-state index in [0.717, 1.165) is 16.5 Å². The number of nitrogens with one attached hydrogen (secondary N) is 1. The predicted molar refractivity (Wildman–Crippen MR) is 55.8 cm³/mol. The molecule has 2 rings (SSSR count). The van der Waals surface area contributed by atoms with E-state index in [1.807, 2.05) is 30.5 Å². The summed E-state index contributed by atoms with van der Waals surface area (Å²) >= 11 is 0. The van der Waals surface area contributed by atoms with Gasteiger partial charge in [0.2, 0.25) is 0 Å². The molecule has 0 radical (unpaired) electrons. The second kappa shape index (κ2) is 3.80. The molecule has 0 fully saturated rings. The van der Waals surface area contributed by atoms with Gasteiger partial charge < -0.3 is 10.7 Å². The lowest BCUT2D eigenvalue weighted by molar-refractivity contribution is 0.442. The van der Waals surface area contributed by atoms with E-state index in [4.69, 9.17) is 5.73 Å². The van der Waals surface area contributed by atoms with Crippen molar-refractivity contribution < 1.29 is 4.39 Å². The van der Waals surface area contributed by atoms with Gasteiger partial charge in [-0.1, -0.05) is 12.1 Å². The third kappa shape index (κ3) is 1.63. The number of fused-ring (bicyclic) bond motifs is 1. The lowest BCUT2D eigenvalue weighted by Crippen LogP contribution is -2.10. The van der Waals surface area contributed by atoms with Crippen molar-refractivity contribution in [3.05, 3.63) is 36.0 Å². The van der Waals surface area contributed by atoms with E-state index in [1.165, 1.54) is 0 Å². The number of H-pyrrole nitrogens is 1. The van der Waals surface area contributed by atoms with Crippen LogP contribution in [0.1, 0.15) is 18.0 Å². The van der Waals surface area contributed by atoms with Gasteiger partial charge in [-0.3, -0.25) is 4.39 Å². The molecule has 2 nitrogen and oxygen atoms in total. The molecule has 3 N–H and O–H groups in total. The summed E-state index contributed by atoms with van der Waals surface area (Å²) in [6.45, 7) is -0.371. The number of aromatic amines is 1. The summed E-state index contributed by atoms with van der Waals surface area (Å²) in [4.78, 5) is 3.11. The van der Waals surface area contributed by atoms with Crippen LogP contribution in [0.3, 0.4) is 0 Å². The van der Waals surface area contributed by atoms with E-state index in [0.29, 0.717) is 6.42 Å². The van der Waals surface area contributed by atoms with Crippen molar-refractivity contribution in [1.29, 1.82) is 0 Å². The van der Waals surface area contributed by atoms with E-state index >= 15 is 0 Å². The number of benzene rings is 1. The molecule has 0 aliphatic heterocycles. The summed E-state index contributed by atoms with van der Waals surface area (Å²) in [6, 6.07) is 7.73. The molecular weight excluding hydrogens is 179 g/mol. The van der Waals surface area contributed by atoms with Crippen LogP contribution in [0.5, 0.6) is 0 Å². The SMILES string of the molecule is N[C@H](CCF)c1ccc2cc[nH]c2c1. The summed E-state index contributed by atoms with van der Waals surface area (Å²) in [5.41, 5.74) is 7.85. The zero-order valence-electron chi connectivity index (χ0n) is 7.83. The molecule has 1 aromatic carbocycles. The van der Waals surface area contributed by atoms with Crippen molar-refractivity contribution in [2.24, 2.45) is 5.73 Å². The summed E-state index contributed by atoms with van der Waals surface area (Å²) in [6.07, 6.45) is 2.27. The normalized spacial score (nSPS) is 13.3. The Morgan fingerprint density at radius 2 is 2.21 bits per heavy atom. The molecular formula is C11H13FN2. The summed E-state index contributed by atoms with van der Waals surface area (Å²) in [5, 5.41) is 1.15. The Labute approximate surface area is 81.9 Å². The Hall–Kier alpha value is -1.35. The highest BCUT2D eigenvalue weighted by Crippen LogP contribution is 2.19. The van der Waals surface area contributed by atoms with Gasteiger partial charge in [0.15, 0.2) is 0 Å². The summed E-state index contributed by atoms with van der Waals surface area (Å²) in [5.74, 6) is 0. The fourth-order valence-electron chi connectivity index (χ4n) is 1.58. The number of rotatable bonds is 3. The molecule has 0 saturated carbocycles. The average Bonchev–Trinajstić information content (AvgIpc) is 2.64. The van der Waals surface area contributed by atoms with Gasteiger partial charge in [-0.25, -0.2) is 0 Å². The maximum Gasteiger partial charge on any atom is 0.0912 e. The highest BCUT2D eigenvalue weighted by atomic mass is 19.1. The zero-order chi connectivity index (χ0) is 9.97. The first-order valence-corrected chi connectivity index (χ1v) is 4.70. The number of hydrogen-bond acceptors (Lipinski definition) is 1. The molecule has 0 bridgehead atoms. The van der Waals surface area contributed by atoms with Crippen LogP contribution >= 0.6 is 0 Å². The molecule has 2 aromatic rings. The van der Waals surface area contributed by atoms with Crippen molar-refractivity contribution >= 4 is 10.9 Å². The van der Waals surface area contributed by atoms with Crippen LogP contribution in [-0.4, -0.2) is 11.7 Å². The number of halogens is 1. The van der Waals surface area contributed by atoms with E-state index in [-0.39, 0.29) is 12.7 Å². The lowest BCUT2D eigenvalue weighted by atomic mass is 10.0. The van der Waals surface area contributed by atoms with Gasteiger partial charge in [-0.15, -0.1) is 0 Å². The smallest absolute Gasteiger partial charge is 0.0912 e. The second-order valence-corrected chi connectivity index (χ2v) is 3.41. The Morgan fingerprint density at radius 3 is 3.00 bits per heavy atom. The van der Waals surface area contributed by atoms with Crippen molar-refractivity contribution in [3.8, 4) is 0 Å². The third-order valence-corrected chi connectivity index (χ3v) is 2.43. The largest absolute Gasteiger partial charge is 0.361 e. The summed E-state index contributed by atoms with van der Waals surface area (Å²) < 4.78 is 12.1. The fourth-order valence-corrected chi connectivity index (χ4v) is 1.58. The Bertz CT molecular complexity index is 422. The van der Waals surface area contributed by atoms with Crippen LogP contribution in [0.4, 0.5) is 4.39 Å². The number of nitrogens with two attached hydrogens (primary N) is 1.